The van der Waals surface area contributed by atoms with Gasteiger partial charge in [-0.15, -0.1) is 0 Å². The largest absolute Gasteiger partial charge is 0.394 e. The summed E-state index contributed by atoms with van der Waals surface area (Å²) in [5.41, 5.74) is 0. The fourth-order valence-electron chi connectivity index (χ4n) is 2.33. The Balaban J connectivity index is 3.50. The first-order chi connectivity index (χ1) is 12.7. The molecule has 0 bridgehead atoms. The van der Waals surface area contributed by atoms with Gasteiger partial charge in [-0.05, 0) is 51.9 Å². The molecule has 0 fully saturated rings. The van der Waals surface area contributed by atoms with E-state index in [2.05, 4.69) is 60.8 Å². The Morgan fingerprint density at radius 1 is 0.846 bits per heavy atom. The normalized spacial score (nSPS) is 13.5. The number of rotatable bonds is 16. The Labute approximate surface area is 161 Å². The highest BCUT2D eigenvalue weighted by atomic mass is 16.3. The summed E-state index contributed by atoms with van der Waals surface area (Å²) < 4.78 is 0. The van der Waals surface area contributed by atoms with E-state index in [1.165, 1.54) is 25.7 Å². The molecule has 0 unspecified atom stereocenters. The van der Waals surface area contributed by atoms with Crippen molar-refractivity contribution in [3.8, 4) is 0 Å². The molecule has 0 aliphatic carbocycles. The fraction of sp³-hybridized carbons (Fsp3) is 0.609. The lowest BCUT2D eigenvalue weighted by Crippen LogP contribution is -2.34. The van der Waals surface area contributed by atoms with Crippen LogP contribution in [0.25, 0.3) is 0 Å². The van der Waals surface area contributed by atoms with Crippen LogP contribution in [0, 0.1) is 0 Å². The monoisotopic (exact) mass is 361 g/mol. The molecule has 0 rings (SSSR count). The number of allylic oxidation sites excluding steroid dienone is 8. The van der Waals surface area contributed by atoms with E-state index in [1.807, 2.05) is 0 Å². The number of carbonyl (C=O) groups excluding carboxylic acids is 1. The second-order valence-electron chi connectivity index (χ2n) is 6.63. The molecule has 0 aliphatic heterocycles. The molecule has 3 nitrogen and oxygen atoms in total. The lowest BCUT2D eigenvalue weighted by atomic mass is 10.2. The maximum absolute atomic E-state index is 11.5. The Morgan fingerprint density at radius 3 is 1.85 bits per heavy atom. The number of aliphatic hydroxyl groups excluding tert-OH is 1. The third-order valence-corrected chi connectivity index (χ3v) is 3.91. The number of carbonyl (C=O) groups is 1. The van der Waals surface area contributed by atoms with E-state index in [9.17, 15) is 4.79 Å². The van der Waals surface area contributed by atoms with Crippen molar-refractivity contribution in [2.75, 3.05) is 6.61 Å². The molecule has 0 aliphatic rings. The van der Waals surface area contributed by atoms with Crippen LogP contribution in [0.15, 0.2) is 48.6 Å². The minimum absolute atomic E-state index is 0.0110. The van der Waals surface area contributed by atoms with Crippen molar-refractivity contribution in [1.82, 2.24) is 5.32 Å². The lowest BCUT2D eigenvalue weighted by Gasteiger charge is -2.09. The van der Waals surface area contributed by atoms with Gasteiger partial charge in [-0.1, -0.05) is 68.4 Å². The van der Waals surface area contributed by atoms with Crippen LogP contribution in [0.1, 0.15) is 78.1 Å². The zero-order chi connectivity index (χ0) is 19.3. The van der Waals surface area contributed by atoms with Gasteiger partial charge in [0.2, 0.25) is 5.91 Å². The SMILES string of the molecule is CCCCCC=CC/C=C\C/C=C\C/C=C\CCCC(=O)N[C@H](C)CO. The van der Waals surface area contributed by atoms with Crippen molar-refractivity contribution in [3.05, 3.63) is 48.6 Å². The number of unbranched alkanes of at least 4 members (excludes halogenated alkanes) is 4. The first kappa shape index (κ1) is 24.4. The van der Waals surface area contributed by atoms with Gasteiger partial charge in [0.05, 0.1) is 6.61 Å². The van der Waals surface area contributed by atoms with Gasteiger partial charge >= 0.3 is 0 Å². The Bertz CT molecular complexity index is 435. The van der Waals surface area contributed by atoms with Crippen molar-refractivity contribution in [1.29, 1.82) is 0 Å². The average molecular weight is 362 g/mol. The van der Waals surface area contributed by atoms with Gasteiger partial charge in [0.15, 0.2) is 0 Å². The zero-order valence-corrected chi connectivity index (χ0v) is 16.8. The third-order valence-electron chi connectivity index (χ3n) is 3.91. The molecule has 0 saturated heterocycles. The minimum atomic E-state index is -0.154. The van der Waals surface area contributed by atoms with E-state index in [-0.39, 0.29) is 18.6 Å². The maximum atomic E-state index is 11.5. The predicted molar refractivity (Wildman–Crippen MR) is 113 cm³/mol. The number of hydrogen-bond acceptors (Lipinski definition) is 2. The summed E-state index contributed by atoms with van der Waals surface area (Å²) in [6.07, 6.45) is 28.0. The molecule has 0 spiro atoms. The van der Waals surface area contributed by atoms with Gasteiger partial charge in [-0.3, -0.25) is 4.79 Å². The number of hydrogen-bond donors (Lipinski definition) is 2. The molecule has 2 N–H and O–H groups in total. The summed E-state index contributed by atoms with van der Waals surface area (Å²) in [5, 5.41) is 11.6. The molecule has 26 heavy (non-hydrogen) atoms. The smallest absolute Gasteiger partial charge is 0.220 e. The summed E-state index contributed by atoms with van der Waals surface area (Å²) in [5.74, 6) is 0.0161. The van der Waals surface area contributed by atoms with Gasteiger partial charge in [0.1, 0.15) is 0 Å². The molecule has 0 aromatic rings. The molecule has 1 atom stereocenters. The van der Waals surface area contributed by atoms with Gasteiger partial charge in [-0.25, -0.2) is 0 Å². The summed E-state index contributed by atoms with van der Waals surface area (Å²) in [6, 6.07) is -0.154. The van der Waals surface area contributed by atoms with Gasteiger partial charge in [-0.2, -0.15) is 0 Å². The topological polar surface area (TPSA) is 49.3 Å². The van der Waals surface area contributed by atoms with Crippen molar-refractivity contribution >= 4 is 5.91 Å². The molecular weight excluding hydrogens is 322 g/mol. The van der Waals surface area contributed by atoms with Gasteiger partial charge < -0.3 is 10.4 Å². The van der Waals surface area contributed by atoms with Crippen LogP contribution < -0.4 is 5.32 Å². The second-order valence-corrected chi connectivity index (χ2v) is 6.63. The van der Waals surface area contributed by atoms with Crippen LogP contribution in [0.4, 0.5) is 0 Å². The van der Waals surface area contributed by atoms with Gasteiger partial charge in [0, 0.05) is 12.5 Å². The molecule has 0 aromatic heterocycles. The standard InChI is InChI=1S/C23H39NO2/c1-3-4-5-6-7-8-9-10-11-12-13-14-15-16-17-18-19-20-23(26)24-22(2)21-25/h7-8,10-11,13-14,16-17,22,25H,3-6,9,12,15,18-21H2,1-2H3,(H,24,26)/b8-7?,11-10-,14-13-,17-16-/t22-/m1/s1. The van der Waals surface area contributed by atoms with E-state index in [1.54, 1.807) is 6.92 Å². The molecule has 3 heteroatoms. The fourth-order valence-corrected chi connectivity index (χ4v) is 2.33. The average Bonchev–Trinajstić information content (AvgIpc) is 2.64. The van der Waals surface area contributed by atoms with Crippen LogP contribution in [0.2, 0.25) is 0 Å². The first-order valence-electron chi connectivity index (χ1n) is 10.2. The Morgan fingerprint density at radius 2 is 1.35 bits per heavy atom. The Hall–Kier alpha value is -1.61. The van der Waals surface area contributed by atoms with Crippen LogP contribution in [0.3, 0.4) is 0 Å². The Kier molecular flexibility index (Phi) is 18.5. The van der Waals surface area contributed by atoms with E-state index in [0.717, 1.165) is 32.1 Å². The minimum Gasteiger partial charge on any atom is -0.394 e. The molecular formula is C23H39NO2. The van der Waals surface area contributed by atoms with E-state index in [0.29, 0.717) is 6.42 Å². The molecule has 0 saturated carbocycles. The van der Waals surface area contributed by atoms with E-state index >= 15 is 0 Å². The van der Waals surface area contributed by atoms with Crippen molar-refractivity contribution in [3.63, 3.8) is 0 Å². The summed E-state index contributed by atoms with van der Waals surface area (Å²) in [7, 11) is 0. The third kappa shape index (κ3) is 18.7. The van der Waals surface area contributed by atoms with Crippen LogP contribution in [0.5, 0.6) is 0 Å². The van der Waals surface area contributed by atoms with Crippen LogP contribution in [-0.2, 0) is 4.79 Å². The van der Waals surface area contributed by atoms with Crippen LogP contribution >= 0.6 is 0 Å². The molecule has 0 heterocycles. The van der Waals surface area contributed by atoms with E-state index in [4.69, 9.17) is 5.11 Å². The number of nitrogens with one attached hydrogen (secondary N) is 1. The van der Waals surface area contributed by atoms with E-state index < -0.39 is 0 Å². The summed E-state index contributed by atoms with van der Waals surface area (Å²) >= 11 is 0. The molecule has 148 valence electrons. The zero-order valence-electron chi connectivity index (χ0n) is 16.8. The summed E-state index contributed by atoms with van der Waals surface area (Å²) in [4.78, 5) is 11.5. The van der Waals surface area contributed by atoms with Crippen molar-refractivity contribution in [2.24, 2.45) is 0 Å². The van der Waals surface area contributed by atoms with Crippen molar-refractivity contribution in [2.45, 2.75) is 84.1 Å². The highest BCUT2D eigenvalue weighted by Gasteiger charge is 2.04. The van der Waals surface area contributed by atoms with Gasteiger partial charge in [0.25, 0.3) is 0 Å². The van der Waals surface area contributed by atoms with Crippen LogP contribution in [-0.4, -0.2) is 23.7 Å². The highest BCUT2D eigenvalue weighted by Crippen LogP contribution is 2.01. The summed E-state index contributed by atoms with van der Waals surface area (Å²) in [6.45, 7) is 4.02. The lowest BCUT2D eigenvalue weighted by molar-refractivity contribution is -0.122. The predicted octanol–water partition coefficient (Wildman–Crippen LogP) is 5.63. The molecule has 0 aromatic carbocycles. The maximum Gasteiger partial charge on any atom is 0.220 e. The highest BCUT2D eigenvalue weighted by molar-refractivity contribution is 5.76. The first-order valence-corrected chi connectivity index (χ1v) is 10.2. The van der Waals surface area contributed by atoms with Crippen molar-refractivity contribution < 1.29 is 9.90 Å². The molecule has 1 amide bonds. The molecule has 0 radical (unpaired) electrons. The quantitative estimate of drug-likeness (QED) is 0.276. The number of amides is 1. The number of aliphatic hydroxyl groups is 1. The second kappa shape index (κ2) is 19.7.